The van der Waals surface area contributed by atoms with Gasteiger partial charge in [0, 0.05) is 27.8 Å². The van der Waals surface area contributed by atoms with Gasteiger partial charge in [-0.3, -0.25) is 0 Å². The van der Waals surface area contributed by atoms with E-state index in [2.05, 4.69) is 58.0 Å². The molecular weight excluding hydrogens is 388 g/mol. The van der Waals surface area contributed by atoms with E-state index in [1.165, 1.54) is 0 Å². The Morgan fingerprint density at radius 3 is 2.23 bits per heavy atom. The number of nitrogens with one attached hydrogen (secondary N) is 2. The fourth-order valence-electron chi connectivity index (χ4n) is 4.34. The summed E-state index contributed by atoms with van der Waals surface area (Å²) in [6, 6.07) is 12.2. The summed E-state index contributed by atoms with van der Waals surface area (Å²) < 4.78 is 5.81. The molecular formula is C25H20N4O2. The molecule has 3 aromatic heterocycles. The van der Waals surface area contributed by atoms with Gasteiger partial charge in [0.2, 0.25) is 0 Å². The van der Waals surface area contributed by atoms with Crippen molar-refractivity contribution in [2.75, 3.05) is 0 Å². The summed E-state index contributed by atoms with van der Waals surface area (Å²) in [5, 5.41) is 4.50. The zero-order valence-electron chi connectivity index (χ0n) is 17.4. The van der Waals surface area contributed by atoms with Gasteiger partial charge in [0.1, 0.15) is 17.2 Å². The number of imidazole rings is 2. The third-order valence-electron chi connectivity index (χ3n) is 5.88. The Labute approximate surface area is 177 Å². The molecule has 0 unspecified atom stereocenters. The van der Waals surface area contributed by atoms with Gasteiger partial charge in [-0.2, -0.15) is 0 Å². The maximum Gasteiger partial charge on any atom is 0.344 e. The minimum atomic E-state index is -0.340. The minimum Gasteiger partial charge on any atom is -0.422 e. The normalized spacial score (nSPS) is 12.1. The van der Waals surface area contributed by atoms with Crippen LogP contribution in [0.3, 0.4) is 0 Å². The Bertz CT molecular complexity index is 1650. The predicted octanol–water partition coefficient (Wildman–Crippen LogP) is 5.75. The molecule has 0 saturated heterocycles. The fraction of sp³-hybridized carbons (Fsp3) is 0.160. The molecule has 0 atom stereocenters. The molecule has 6 nitrogen and oxygen atoms in total. The molecule has 3 aromatic carbocycles. The van der Waals surface area contributed by atoms with E-state index < -0.39 is 0 Å². The summed E-state index contributed by atoms with van der Waals surface area (Å²) in [6.07, 6.45) is 3.62. The second-order valence-corrected chi connectivity index (χ2v) is 8.37. The van der Waals surface area contributed by atoms with Crippen molar-refractivity contribution < 1.29 is 4.42 Å². The molecule has 6 rings (SSSR count). The molecule has 0 amide bonds. The number of nitrogens with zero attached hydrogens (tertiary/aromatic N) is 2. The standard InChI is InChI=1S/C25H20N4O2/c1-12(2)24-27-11-20(29-24)17-7-15-5-4-14-6-16(19-10-26-13(3)28-19)8-18-22(14)23(15)21(9-17)31-25(18)30/h4-12H,1-3H3,(H,26,28)(H,27,29). The molecule has 6 aromatic rings. The number of rotatable bonds is 3. The monoisotopic (exact) mass is 408 g/mol. The van der Waals surface area contributed by atoms with E-state index in [1.807, 2.05) is 25.3 Å². The first-order chi connectivity index (χ1) is 15.0. The molecule has 6 heteroatoms. The largest absolute Gasteiger partial charge is 0.422 e. The first kappa shape index (κ1) is 17.9. The second-order valence-electron chi connectivity index (χ2n) is 8.37. The summed E-state index contributed by atoms with van der Waals surface area (Å²) in [5.41, 5.74) is 3.90. The van der Waals surface area contributed by atoms with Gasteiger partial charge in [-0.05, 0) is 42.0 Å². The first-order valence-electron chi connectivity index (χ1n) is 10.3. The minimum absolute atomic E-state index is 0.310. The lowest BCUT2D eigenvalue weighted by molar-refractivity contribution is 0.570. The van der Waals surface area contributed by atoms with Crippen LogP contribution in [0, 0.1) is 6.92 Å². The van der Waals surface area contributed by atoms with Crippen molar-refractivity contribution in [2.24, 2.45) is 0 Å². The van der Waals surface area contributed by atoms with Crippen molar-refractivity contribution in [1.29, 1.82) is 0 Å². The Kier molecular flexibility index (Phi) is 3.63. The van der Waals surface area contributed by atoms with Crippen molar-refractivity contribution in [3.8, 4) is 22.5 Å². The van der Waals surface area contributed by atoms with Crippen LogP contribution in [0.5, 0.6) is 0 Å². The Morgan fingerprint density at radius 2 is 1.55 bits per heavy atom. The van der Waals surface area contributed by atoms with Gasteiger partial charge >= 0.3 is 5.63 Å². The third kappa shape index (κ3) is 2.68. The van der Waals surface area contributed by atoms with Gasteiger partial charge in [-0.25, -0.2) is 14.8 Å². The highest BCUT2D eigenvalue weighted by atomic mass is 16.4. The van der Waals surface area contributed by atoms with Crippen molar-refractivity contribution in [3.05, 3.63) is 70.9 Å². The summed E-state index contributed by atoms with van der Waals surface area (Å²) in [6.45, 7) is 6.10. The number of aromatic amines is 2. The third-order valence-corrected chi connectivity index (χ3v) is 5.88. The molecule has 0 aliphatic carbocycles. The number of benzene rings is 3. The van der Waals surface area contributed by atoms with Crippen molar-refractivity contribution in [1.82, 2.24) is 19.9 Å². The lowest BCUT2D eigenvalue weighted by Crippen LogP contribution is -2.02. The van der Waals surface area contributed by atoms with Crippen LogP contribution in [0.1, 0.15) is 31.4 Å². The van der Waals surface area contributed by atoms with E-state index in [-0.39, 0.29) is 5.63 Å². The maximum absolute atomic E-state index is 13.0. The summed E-state index contributed by atoms with van der Waals surface area (Å²) in [4.78, 5) is 28.3. The number of hydrogen-bond donors (Lipinski definition) is 2. The molecule has 0 spiro atoms. The lowest BCUT2D eigenvalue weighted by Gasteiger charge is -2.12. The molecule has 2 N–H and O–H groups in total. The fourth-order valence-corrected chi connectivity index (χ4v) is 4.34. The van der Waals surface area contributed by atoms with Crippen LogP contribution in [0.2, 0.25) is 0 Å². The highest BCUT2D eigenvalue weighted by Gasteiger charge is 2.17. The topological polar surface area (TPSA) is 87.6 Å². The molecule has 0 radical (unpaired) electrons. The van der Waals surface area contributed by atoms with E-state index in [0.29, 0.717) is 16.9 Å². The lowest BCUT2D eigenvalue weighted by atomic mass is 9.94. The maximum atomic E-state index is 13.0. The molecule has 0 saturated carbocycles. The summed E-state index contributed by atoms with van der Waals surface area (Å²) in [7, 11) is 0. The van der Waals surface area contributed by atoms with Crippen LogP contribution in [-0.4, -0.2) is 19.9 Å². The average Bonchev–Trinajstić information content (AvgIpc) is 3.41. The Morgan fingerprint density at radius 1 is 0.871 bits per heavy atom. The van der Waals surface area contributed by atoms with Crippen molar-refractivity contribution in [2.45, 2.75) is 26.7 Å². The molecule has 0 aliphatic rings. The predicted molar refractivity (Wildman–Crippen MR) is 123 cm³/mol. The number of aromatic nitrogens is 4. The molecule has 0 aliphatic heterocycles. The van der Waals surface area contributed by atoms with Gasteiger partial charge in [0.15, 0.2) is 0 Å². The Hall–Kier alpha value is -3.93. The van der Waals surface area contributed by atoms with Crippen molar-refractivity contribution in [3.63, 3.8) is 0 Å². The highest BCUT2D eigenvalue weighted by molar-refractivity contribution is 6.22. The van der Waals surface area contributed by atoms with Gasteiger partial charge in [-0.1, -0.05) is 26.0 Å². The summed E-state index contributed by atoms with van der Waals surface area (Å²) in [5.74, 6) is 2.08. The number of H-pyrrole nitrogens is 2. The molecule has 152 valence electrons. The van der Waals surface area contributed by atoms with Crippen LogP contribution in [0.25, 0.3) is 55.0 Å². The molecule has 3 heterocycles. The zero-order valence-corrected chi connectivity index (χ0v) is 17.4. The summed E-state index contributed by atoms with van der Waals surface area (Å²) >= 11 is 0. The van der Waals surface area contributed by atoms with Gasteiger partial charge in [0.25, 0.3) is 0 Å². The number of hydrogen-bond acceptors (Lipinski definition) is 4. The highest BCUT2D eigenvalue weighted by Crippen LogP contribution is 2.37. The van der Waals surface area contributed by atoms with E-state index in [0.717, 1.165) is 55.7 Å². The van der Waals surface area contributed by atoms with Crippen LogP contribution in [0.4, 0.5) is 0 Å². The van der Waals surface area contributed by atoms with Crippen molar-refractivity contribution >= 4 is 32.5 Å². The number of aryl methyl sites for hydroxylation is 1. The second kappa shape index (κ2) is 6.28. The SMILES string of the molecule is Cc1ncc(-c2cc3ccc4cc(-c5cnc(C(C)C)[nH]5)cc5oc(=O)c(c2)c3c45)[nH]1. The van der Waals surface area contributed by atoms with Crippen LogP contribution >= 0.6 is 0 Å². The van der Waals surface area contributed by atoms with E-state index in [4.69, 9.17) is 4.42 Å². The van der Waals surface area contributed by atoms with Gasteiger partial charge in [-0.15, -0.1) is 0 Å². The first-order valence-corrected chi connectivity index (χ1v) is 10.3. The van der Waals surface area contributed by atoms with E-state index >= 15 is 0 Å². The van der Waals surface area contributed by atoms with E-state index in [1.54, 1.807) is 6.20 Å². The Balaban J connectivity index is 1.63. The van der Waals surface area contributed by atoms with Crippen LogP contribution < -0.4 is 5.63 Å². The molecule has 0 fully saturated rings. The molecule has 31 heavy (non-hydrogen) atoms. The smallest absolute Gasteiger partial charge is 0.344 e. The van der Waals surface area contributed by atoms with Gasteiger partial charge in [0.05, 0.1) is 29.2 Å². The van der Waals surface area contributed by atoms with Crippen LogP contribution in [-0.2, 0) is 0 Å². The van der Waals surface area contributed by atoms with Crippen LogP contribution in [0.15, 0.2) is 58.0 Å². The average molecular weight is 408 g/mol. The van der Waals surface area contributed by atoms with E-state index in [9.17, 15) is 4.79 Å². The zero-order chi connectivity index (χ0) is 21.3. The van der Waals surface area contributed by atoms with Gasteiger partial charge < -0.3 is 14.4 Å². The molecule has 0 bridgehead atoms. The quantitative estimate of drug-likeness (QED) is 0.288.